The number of carbonyl (C=O) groups excluding carboxylic acids is 2. The van der Waals surface area contributed by atoms with Crippen molar-refractivity contribution in [1.82, 2.24) is 29.9 Å². The van der Waals surface area contributed by atoms with Gasteiger partial charge in [0.1, 0.15) is 12.4 Å². The number of likely N-dealkylation sites (tertiary alicyclic amines) is 1. The van der Waals surface area contributed by atoms with Crippen molar-refractivity contribution in [2.45, 2.75) is 31.8 Å². The average Bonchev–Trinajstić information content (AvgIpc) is 3.27. The van der Waals surface area contributed by atoms with Crippen LogP contribution in [0.3, 0.4) is 0 Å². The van der Waals surface area contributed by atoms with Gasteiger partial charge < -0.3 is 15.1 Å². The van der Waals surface area contributed by atoms with Crippen LogP contribution >= 0.6 is 0 Å². The number of rotatable bonds is 6. The standard InChI is InChI=1S/C25H29FN6O2/c1-27-25(34)30(2)21-9-13-31(14-10-21)24(33)17-32-22(15-18-3-5-20(26)6-4-18)16-23(29-32)19-7-11-28-12-8-19/h3-8,11-12,16,21H,9-10,13-15,17H2,1-2H3,(H,27,34). The van der Waals surface area contributed by atoms with Crippen molar-refractivity contribution < 1.29 is 14.0 Å². The summed E-state index contributed by atoms with van der Waals surface area (Å²) in [6.45, 7) is 1.31. The first-order valence-electron chi connectivity index (χ1n) is 11.4. The zero-order valence-electron chi connectivity index (χ0n) is 19.4. The molecule has 1 N–H and O–H groups in total. The summed E-state index contributed by atoms with van der Waals surface area (Å²) in [5.41, 5.74) is 3.49. The number of hydrogen-bond donors (Lipinski definition) is 1. The van der Waals surface area contributed by atoms with E-state index in [0.717, 1.165) is 35.4 Å². The van der Waals surface area contributed by atoms with Gasteiger partial charge in [-0.05, 0) is 48.7 Å². The van der Waals surface area contributed by atoms with Gasteiger partial charge in [-0.25, -0.2) is 9.18 Å². The monoisotopic (exact) mass is 464 g/mol. The molecule has 4 rings (SSSR count). The molecule has 0 bridgehead atoms. The molecule has 0 aliphatic carbocycles. The molecule has 1 aromatic carbocycles. The van der Waals surface area contributed by atoms with Crippen LogP contribution in [-0.4, -0.2) is 69.7 Å². The number of nitrogens with zero attached hydrogens (tertiary/aromatic N) is 5. The van der Waals surface area contributed by atoms with E-state index in [0.29, 0.717) is 19.5 Å². The third-order valence-corrected chi connectivity index (χ3v) is 6.32. The Kier molecular flexibility index (Phi) is 7.20. The van der Waals surface area contributed by atoms with Crippen LogP contribution in [0.25, 0.3) is 11.3 Å². The van der Waals surface area contributed by atoms with Crippen molar-refractivity contribution in [2.75, 3.05) is 27.2 Å². The van der Waals surface area contributed by atoms with Gasteiger partial charge in [0.05, 0.1) is 5.69 Å². The molecule has 3 heterocycles. The van der Waals surface area contributed by atoms with Gasteiger partial charge in [0.2, 0.25) is 5.91 Å². The molecule has 0 unspecified atom stereocenters. The van der Waals surface area contributed by atoms with Gasteiger partial charge in [-0.15, -0.1) is 0 Å². The lowest BCUT2D eigenvalue weighted by molar-refractivity contribution is -0.133. The molecule has 3 amide bonds. The van der Waals surface area contributed by atoms with Gasteiger partial charge in [-0.1, -0.05) is 12.1 Å². The van der Waals surface area contributed by atoms with Crippen LogP contribution < -0.4 is 5.32 Å². The number of hydrogen-bond acceptors (Lipinski definition) is 4. The summed E-state index contributed by atoms with van der Waals surface area (Å²) in [5, 5.41) is 7.36. The molecule has 178 valence electrons. The van der Waals surface area contributed by atoms with Gasteiger partial charge in [0, 0.05) is 63.3 Å². The van der Waals surface area contributed by atoms with Crippen LogP contribution in [0.2, 0.25) is 0 Å². The van der Waals surface area contributed by atoms with Crippen LogP contribution in [0.4, 0.5) is 9.18 Å². The first kappa shape index (κ1) is 23.4. The van der Waals surface area contributed by atoms with Gasteiger partial charge in [-0.2, -0.15) is 5.10 Å². The molecule has 0 radical (unpaired) electrons. The van der Waals surface area contributed by atoms with E-state index in [1.165, 1.54) is 12.1 Å². The Labute approximate surface area is 198 Å². The predicted octanol–water partition coefficient (Wildman–Crippen LogP) is 2.94. The Morgan fingerprint density at radius 1 is 1.12 bits per heavy atom. The zero-order valence-corrected chi connectivity index (χ0v) is 19.4. The first-order valence-corrected chi connectivity index (χ1v) is 11.4. The summed E-state index contributed by atoms with van der Waals surface area (Å²) in [6.07, 6.45) is 5.42. The number of aromatic nitrogens is 3. The topological polar surface area (TPSA) is 83.4 Å². The lowest BCUT2D eigenvalue weighted by Gasteiger charge is -2.36. The molecule has 0 spiro atoms. The number of carbonyl (C=O) groups is 2. The van der Waals surface area contributed by atoms with Gasteiger partial charge in [0.15, 0.2) is 0 Å². The van der Waals surface area contributed by atoms with E-state index in [2.05, 4.69) is 10.3 Å². The largest absolute Gasteiger partial charge is 0.341 e. The highest BCUT2D eigenvalue weighted by atomic mass is 19.1. The third kappa shape index (κ3) is 5.41. The van der Waals surface area contributed by atoms with Crippen molar-refractivity contribution in [3.8, 4) is 11.3 Å². The summed E-state index contributed by atoms with van der Waals surface area (Å²) in [6, 6.07) is 12.1. The minimum absolute atomic E-state index is 0.00854. The van der Waals surface area contributed by atoms with Crippen molar-refractivity contribution in [3.05, 3.63) is 71.9 Å². The molecule has 1 fully saturated rings. The third-order valence-electron chi connectivity index (χ3n) is 6.32. The maximum absolute atomic E-state index is 13.4. The molecule has 0 saturated carbocycles. The second kappa shape index (κ2) is 10.5. The fraction of sp³-hybridized carbons (Fsp3) is 0.360. The van der Waals surface area contributed by atoms with E-state index in [-0.39, 0.29) is 30.3 Å². The number of pyridine rings is 1. The summed E-state index contributed by atoms with van der Waals surface area (Å²) in [7, 11) is 3.40. The molecular formula is C25H29FN6O2. The summed E-state index contributed by atoms with van der Waals surface area (Å²) in [4.78, 5) is 32.6. The minimum atomic E-state index is -0.282. The number of nitrogens with one attached hydrogen (secondary N) is 1. The number of benzene rings is 1. The molecule has 1 aliphatic heterocycles. The molecular weight excluding hydrogens is 435 g/mol. The fourth-order valence-corrected chi connectivity index (χ4v) is 4.28. The smallest absolute Gasteiger partial charge is 0.317 e. The maximum Gasteiger partial charge on any atom is 0.317 e. The Hall–Kier alpha value is -3.75. The van der Waals surface area contributed by atoms with E-state index >= 15 is 0 Å². The lowest BCUT2D eigenvalue weighted by Crippen LogP contribution is -2.49. The molecule has 0 atom stereocenters. The van der Waals surface area contributed by atoms with Crippen LogP contribution in [0.15, 0.2) is 54.9 Å². The quantitative estimate of drug-likeness (QED) is 0.608. The van der Waals surface area contributed by atoms with Gasteiger partial charge in [0.25, 0.3) is 0 Å². The highest BCUT2D eigenvalue weighted by molar-refractivity contribution is 5.76. The summed E-state index contributed by atoms with van der Waals surface area (Å²) >= 11 is 0. The van der Waals surface area contributed by atoms with E-state index in [4.69, 9.17) is 5.10 Å². The average molecular weight is 465 g/mol. The molecule has 1 saturated heterocycles. The maximum atomic E-state index is 13.4. The van der Waals surface area contributed by atoms with Crippen LogP contribution in [0.5, 0.6) is 0 Å². The normalized spacial score (nSPS) is 14.1. The predicted molar refractivity (Wildman–Crippen MR) is 126 cm³/mol. The van der Waals surface area contributed by atoms with Crippen LogP contribution in [0, 0.1) is 5.82 Å². The molecule has 34 heavy (non-hydrogen) atoms. The van der Waals surface area contributed by atoms with E-state index in [1.807, 2.05) is 23.1 Å². The molecule has 2 aromatic heterocycles. The molecule has 3 aromatic rings. The fourth-order valence-electron chi connectivity index (χ4n) is 4.28. The Balaban J connectivity index is 1.49. The Bertz CT molecular complexity index is 1120. The van der Waals surface area contributed by atoms with Gasteiger partial charge in [-0.3, -0.25) is 14.5 Å². The first-order chi connectivity index (χ1) is 16.4. The SMILES string of the molecule is CNC(=O)N(C)C1CCN(C(=O)Cn2nc(-c3ccncc3)cc2Cc2ccc(F)cc2)CC1. The van der Waals surface area contributed by atoms with Crippen LogP contribution in [-0.2, 0) is 17.8 Å². The second-order valence-corrected chi connectivity index (χ2v) is 8.50. The van der Waals surface area contributed by atoms with E-state index in [9.17, 15) is 14.0 Å². The van der Waals surface area contributed by atoms with Crippen molar-refractivity contribution >= 4 is 11.9 Å². The van der Waals surface area contributed by atoms with Gasteiger partial charge >= 0.3 is 6.03 Å². The van der Waals surface area contributed by atoms with E-state index < -0.39 is 0 Å². The highest BCUT2D eigenvalue weighted by Crippen LogP contribution is 2.22. The molecule has 1 aliphatic rings. The van der Waals surface area contributed by atoms with Crippen LogP contribution in [0.1, 0.15) is 24.1 Å². The Morgan fingerprint density at radius 2 is 1.79 bits per heavy atom. The van der Waals surface area contributed by atoms with Crippen molar-refractivity contribution in [3.63, 3.8) is 0 Å². The zero-order chi connectivity index (χ0) is 24.1. The molecule has 8 nitrogen and oxygen atoms in total. The number of amides is 3. The summed E-state index contributed by atoms with van der Waals surface area (Å²) < 4.78 is 15.1. The lowest BCUT2D eigenvalue weighted by atomic mass is 10.0. The number of urea groups is 1. The number of halogens is 1. The second-order valence-electron chi connectivity index (χ2n) is 8.50. The minimum Gasteiger partial charge on any atom is -0.341 e. The number of piperidine rings is 1. The van der Waals surface area contributed by atoms with E-state index in [1.54, 1.807) is 48.2 Å². The summed E-state index contributed by atoms with van der Waals surface area (Å²) in [5.74, 6) is -0.291. The Morgan fingerprint density at radius 3 is 2.44 bits per heavy atom. The molecule has 9 heteroatoms. The highest BCUT2D eigenvalue weighted by Gasteiger charge is 2.27. The van der Waals surface area contributed by atoms with Crippen molar-refractivity contribution in [1.29, 1.82) is 0 Å². The van der Waals surface area contributed by atoms with Crippen molar-refractivity contribution in [2.24, 2.45) is 0 Å².